The summed E-state index contributed by atoms with van der Waals surface area (Å²) >= 11 is 0. The van der Waals surface area contributed by atoms with Crippen molar-refractivity contribution in [3.63, 3.8) is 0 Å². The van der Waals surface area contributed by atoms with Gasteiger partial charge in [-0.3, -0.25) is 19.4 Å². The molecule has 2 N–H and O–H groups in total. The van der Waals surface area contributed by atoms with Gasteiger partial charge in [0.2, 0.25) is 11.8 Å². The maximum atomic E-state index is 13.9. The van der Waals surface area contributed by atoms with Crippen LogP contribution in [0.25, 0.3) is 0 Å². The van der Waals surface area contributed by atoms with E-state index in [0.717, 1.165) is 29.7 Å². The lowest BCUT2D eigenvalue weighted by Gasteiger charge is -2.28. The van der Waals surface area contributed by atoms with Crippen LogP contribution in [0.2, 0.25) is 0 Å². The lowest BCUT2D eigenvalue weighted by Crippen LogP contribution is -2.45. The molecule has 2 aliphatic rings. The zero-order valence-electron chi connectivity index (χ0n) is 30.9. The van der Waals surface area contributed by atoms with E-state index >= 15 is 0 Å². The Kier molecular flexibility index (Phi) is 11.8. The first-order valence-electron chi connectivity index (χ1n) is 17.8. The summed E-state index contributed by atoms with van der Waals surface area (Å²) < 4.78 is 24.9. The van der Waals surface area contributed by atoms with Gasteiger partial charge in [0, 0.05) is 43.2 Å². The first-order chi connectivity index (χ1) is 24.5. The van der Waals surface area contributed by atoms with Crippen molar-refractivity contribution in [1.82, 2.24) is 9.80 Å². The molecule has 0 spiro atoms. The number of likely N-dealkylation sites (tertiary alicyclic amines) is 2. The fourth-order valence-corrected chi connectivity index (χ4v) is 6.33. The molecule has 5 rings (SSSR count). The van der Waals surface area contributed by atoms with E-state index in [0.29, 0.717) is 50.4 Å². The van der Waals surface area contributed by atoms with Crippen LogP contribution >= 0.6 is 0 Å². The quantitative estimate of drug-likeness (QED) is 0.233. The number of carbonyl (C=O) groups excluding carboxylic acids is 4. The molecule has 2 unspecified atom stereocenters. The average Bonchev–Trinajstić information content (AvgIpc) is 3.76. The highest BCUT2D eigenvalue weighted by atomic mass is 19.1. The van der Waals surface area contributed by atoms with Crippen LogP contribution in [0.15, 0.2) is 72.8 Å². The summed E-state index contributed by atoms with van der Waals surface area (Å²) in [7, 11) is 0. The Hall–Kier alpha value is -5.13. The van der Waals surface area contributed by atoms with Crippen molar-refractivity contribution in [3.8, 4) is 0 Å². The standard InChI is InChI=1S/C40H50FN5O6/c1-39(2,3)51-37(49)45-23-7-9-33(45)35(47)42-30-17-11-27(12-18-30)25-44(32-21-15-29(41)16-22-32)26-28-13-19-31(20-14-28)43-36(48)34-10-8-24-46(34)38(50)52-40(4,5)6/h11-22,33-34H,7-10,23-26H2,1-6H3,(H,42,47)(H,43,48). The molecule has 0 radical (unpaired) electrons. The second-order valence-corrected chi connectivity index (χ2v) is 15.4. The summed E-state index contributed by atoms with van der Waals surface area (Å²) in [4.78, 5) is 56.8. The summed E-state index contributed by atoms with van der Waals surface area (Å²) in [5.41, 5.74) is 2.68. The molecule has 0 bridgehead atoms. The highest BCUT2D eigenvalue weighted by Gasteiger charge is 2.38. The number of ether oxygens (including phenoxy) is 2. The first kappa shape index (κ1) is 38.1. The van der Waals surface area contributed by atoms with Gasteiger partial charge in [0.15, 0.2) is 0 Å². The third kappa shape index (κ3) is 10.5. The van der Waals surface area contributed by atoms with Gasteiger partial charge in [-0.15, -0.1) is 0 Å². The topological polar surface area (TPSA) is 121 Å². The minimum absolute atomic E-state index is 0.257. The Morgan fingerprint density at radius 2 is 1.04 bits per heavy atom. The minimum atomic E-state index is -0.650. The Morgan fingerprint density at radius 1 is 0.654 bits per heavy atom. The van der Waals surface area contributed by atoms with Crippen molar-refractivity contribution in [3.05, 3.63) is 89.7 Å². The molecule has 0 saturated carbocycles. The molecule has 278 valence electrons. The molecule has 2 atom stereocenters. The van der Waals surface area contributed by atoms with E-state index in [1.54, 1.807) is 53.7 Å². The maximum Gasteiger partial charge on any atom is 0.410 e. The van der Waals surface area contributed by atoms with Crippen molar-refractivity contribution >= 4 is 41.1 Å². The van der Waals surface area contributed by atoms with Gasteiger partial charge in [-0.05, 0) is 127 Å². The summed E-state index contributed by atoms with van der Waals surface area (Å²) in [6.45, 7) is 12.7. The van der Waals surface area contributed by atoms with Gasteiger partial charge in [-0.2, -0.15) is 0 Å². The summed E-state index contributed by atoms with van der Waals surface area (Å²) in [5.74, 6) is -0.844. The number of nitrogens with one attached hydrogen (secondary N) is 2. The normalized spacial score (nSPS) is 17.4. The molecule has 11 nitrogen and oxygen atoms in total. The highest BCUT2D eigenvalue weighted by molar-refractivity contribution is 5.97. The van der Waals surface area contributed by atoms with Crippen LogP contribution in [-0.2, 0) is 32.2 Å². The van der Waals surface area contributed by atoms with Gasteiger partial charge in [0.05, 0.1) is 0 Å². The van der Waals surface area contributed by atoms with Crippen LogP contribution in [0, 0.1) is 5.82 Å². The van der Waals surface area contributed by atoms with E-state index in [1.165, 1.54) is 21.9 Å². The number of nitrogens with zero attached hydrogens (tertiary/aromatic N) is 3. The zero-order chi connectivity index (χ0) is 37.6. The summed E-state index contributed by atoms with van der Waals surface area (Å²) in [5, 5.41) is 5.89. The molecular formula is C40H50FN5O6. The molecule has 2 heterocycles. The Balaban J connectivity index is 1.21. The lowest BCUT2D eigenvalue weighted by molar-refractivity contribution is -0.121. The number of anilines is 3. The van der Waals surface area contributed by atoms with Crippen LogP contribution < -0.4 is 15.5 Å². The van der Waals surface area contributed by atoms with E-state index in [9.17, 15) is 23.6 Å². The molecule has 2 saturated heterocycles. The van der Waals surface area contributed by atoms with E-state index in [4.69, 9.17) is 9.47 Å². The van der Waals surface area contributed by atoms with Gasteiger partial charge in [-0.1, -0.05) is 24.3 Å². The third-order valence-corrected chi connectivity index (χ3v) is 8.75. The van der Waals surface area contributed by atoms with Gasteiger partial charge >= 0.3 is 12.2 Å². The fraction of sp³-hybridized carbons (Fsp3) is 0.450. The number of carbonyl (C=O) groups is 4. The zero-order valence-corrected chi connectivity index (χ0v) is 30.9. The molecule has 0 aromatic heterocycles. The second-order valence-electron chi connectivity index (χ2n) is 15.4. The second kappa shape index (κ2) is 16.0. The third-order valence-electron chi connectivity index (χ3n) is 8.75. The van der Waals surface area contributed by atoms with Crippen molar-refractivity contribution in [2.75, 3.05) is 28.6 Å². The molecule has 2 fully saturated rings. The average molecular weight is 716 g/mol. The monoisotopic (exact) mass is 715 g/mol. The van der Waals surface area contributed by atoms with Crippen LogP contribution in [0.4, 0.5) is 31.0 Å². The van der Waals surface area contributed by atoms with Gasteiger partial charge < -0.3 is 25.0 Å². The number of halogens is 1. The molecule has 4 amide bonds. The number of benzene rings is 3. The Labute approximate surface area is 305 Å². The molecule has 52 heavy (non-hydrogen) atoms. The number of amides is 4. The van der Waals surface area contributed by atoms with Crippen LogP contribution in [-0.4, -0.2) is 70.2 Å². The van der Waals surface area contributed by atoms with E-state index in [2.05, 4.69) is 15.5 Å². The van der Waals surface area contributed by atoms with Crippen molar-refractivity contribution in [1.29, 1.82) is 0 Å². The van der Waals surface area contributed by atoms with E-state index in [1.807, 2.05) is 48.5 Å². The van der Waals surface area contributed by atoms with E-state index in [-0.39, 0.29) is 17.6 Å². The van der Waals surface area contributed by atoms with Gasteiger partial charge in [-0.25, -0.2) is 14.0 Å². The summed E-state index contributed by atoms with van der Waals surface area (Å²) in [6, 6.07) is 20.1. The molecule has 12 heteroatoms. The Bertz CT molecular complexity index is 1610. The molecular weight excluding hydrogens is 665 g/mol. The maximum absolute atomic E-state index is 13.9. The van der Waals surface area contributed by atoms with Crippen LogP contribution in [0.3, 0.4) is 0 Å². The van der Waals surface area contributed by atoms with Crippen LogP contribution in [0.5, 0.6) is 0 Å². The number of hydrogen-bond acceptors (Lipinski definition) is 7. The predicted octanol–water partition coefficient (Wildman–Crippen LogP) is 7.71. The predicted molar refractivity (Wildman–Crippen MR) is 198 cm³/mol. The van der Waals surface area contributed by atoms with Crippen molar-refractivity contribution in [2.45, 2.75) is 104 Å². The largest absolute Gasteiger partial charge is 0.444 e. The van der Waals surface area contributed by atoms with Gasteiger partial charge in [0.25, 0.3) is 0 Å². The summed E-state index contributed by atoms with van der Waals surface area (Å²) in [6.07, 6.45) is 1.60. The molecule has 2 aliphatic heterocycles. The smallest absolute Gasteiger partial charge is 0.410 e. The minimum Gasteiger partial charge on any atom is -0.444 e. The lowest BCUT2D eigenvalue weighted by atomic mass is 10.1. The number of hydrogen-bond donors (Lipinski definition) is 2. The van der Waals surface area contributed by atoms with E-state index < -0.39 is 35.5 Å². The molecule has 3 aromatic rings. The SMILES string of the molecule is CC(C)(C)OC(=O)N1CCCC1C(=O)Nc1ccc(CN(Cc2ccc(NC(=O)C3CCCN3C(=O)OC(C)(C)C)cc2)c2ccc(F)cc2)cc1. The van der Waals surface area contributed by atoms with Crippen LogP contribution in [0.1, 0.15) is 78.4 Å². The number of rotatable bonds is 9. The van der Waals surface area contributed by atoms with Crippen molar-refractivity contribution < 1.29 is 33.0 Å². The molecule has 3 aromatic carbocycles. The molecule has 0 aliphatic carbocycles. The van der Waals surface area contributed by atoms with Crippen molar-refractivity contribution in [2.24, 2.45) is 0 Å². The fourth-order valence-electron chi connectivity index (χ4n) is 6.33. The first-order valence-corrected chi connectivity index (χ1v) is 17.8. The Morgan fingerprint density at radius 3 is 1.40 bits per heavy atom. The highest BCUT2D eigenvalue weighted by Crippen LogP contribution is 2.26. The van der Waals surface area contributed by atoms with Gasteiger partial charge in [0.1, 0.15) is 29.1 Å².